The monoisotopic (exact) mass is 539 g/mol. The number of ether oxygens (including phenoxy) is 1. The van der Waals surface area contributed by atoms with E-state index in [9.17, 15) is 32.3 Å². The lowest BCUT2D eigenvalue weighted by atomic mass is 9.86. The molecule has 1 fully saturated rings. The number of hydrogen-bond donors (Lipinski definition) is 3. The van der Waals surface area contributed by atoms with E-state index in [0.717, 1.165) is 0 Å². The third-order valence-corrected chi connectivity index (χ3v) is 6.00. The van der Waals surface area contributed by atoms with Gasteiger partial charge in [-0.2, -0.15) is 0 Å². The second kappa shape index (κ2) is 12.2. The van der Waals surface area contributed by atoms with E-state index < -0.39 is 48.4 Å². The number of Topliss-reactive ketones (excluding diaryl/α,β-unsaturated/α-hetero) is 1. The molecule has 2 aromatic rings. The molecule has 0 radical (unpaired) electrons. The summed E-state index contributed by atoms with van der Waals surface area (Å²) < 4.78 is 46.8. The Hall–Kier alpha value is -3.81. The van der Waals surface area contributed by atoms with E-state index in [-0.39, 0.29) is 47.4 Å². The Morgan fingerprint density at radius 2 is 2.03 bits per heavy atom. The maximum atomic E-state index is 13.6. The number of amides is 3. The minimum absolute atomic E-state index is 0.0126. The van der Waals surface area contributed by atoms with Crippen LogP contribution in [0, 0.1) is 11.8 Å². The average molecular weight is 540 g/mol. The SMILES string of the molecule is CC(C)C[C@H](C(=O)N[C@@H](C[C@@H]1CCNC1=O)C(=O)COC(F)(F)F)c1c(C(N)=O)noc1-c1ccccn1. The maximum absolute atomic E-state index is 13.6. The molecule has 0 unspecified atom stereocenters. The van der Waals surface area contributed by atoms with Crippen LogP contribution in [0.2, 0.25) is 0 Å². The molecular formula is C24H28F3N5O6. The number of carbonyl (C=O) groups excluding carboxylic acids is 4. The van der Waals surface area contributed by atoms with Gasteiger partial charge in [0.1, 0.15) is 12.3 Å². The first-order valence-electron chi connectivity index (χ1n) is 11.9. The van der Waals surface area contributed by atoms with Crippen LogP contribution in [0.1, 0.15) is 55.1 Å². The summed E-state index contributed by atoms with van der Waals surface area (Å²) in [6.07, 6.45) is -3.35. The van der Waals surface area contributed by atoms with Crippen molar-refractivity contribution < 1.29 is 41.6 Å². The third-order valence-electron chi connectivity index (χ3n) is 6.00. The maximum Gasteiger partial charge on any atom is 0.522 e. The van der Waals surface area contributed by atoms with E-state index in [1.165, 1.54) is 6.20 Å². The van der Waals surface area contributed by atoms with Crippen LogP contribution >= 0.6 is 0 Å². The number of halogens is 3. The van der Waals surface area contributed by atoms with Gasteiger partial charge in [-0.3, -0.25) is 28.9 Å². The van der Waals surface area contributed by atoms with Gasteiger partial charge in [0.25, 0.3) is 5.91 Å². The Bertz CT molecular complexity index is 1170. The van der Waals surface area contributed by atoms with Gasteiger partial charge in [-0.25, -0.2) is 0 Å². The number of alkyl halides is 3. The zero-order chi connectivity index (χ0) is 28.0. The van der Waals surface area contributed by atoms with Gasteiger partial charge in [0.15, 0.2) is 17.2 Å². The van der Waals surface area contributed by atoms with Crippen LogP contribution in [-0.4, -0.2) is 59.2 Å². The van der Waals surface area contributed by atoms with Crippen molar-refractivity contribution in [2.45, 2.75) is 51.4 Å². The van der Waals surface area contributed by atoms with Gasteiger partial charge in [-0.05, 0) is 37.3 Å². The van der Waals surface area contributed by atoms with Crippen molar-refractivity contribution >= 4 is 23.5 Å². The summed E-state index contributed by atoms with van der Waals surface area (Å²) in [7, 11) is 0. The van der Waals surface area contributed by atoms with E-state index in [2.05, 4.69) is 25.5 Å². The molecule has 2 aromatic heterocycles. The molecule has 38 heavy (non-hydrogen) atoms. The highest BCUT2D eigenvalue weighted by atomic mass is 19.4. The zero-order valence-corrected chi connectivity index (χ0v) is 20.7. The summed E-state index contributed by atoms with van der Waals surface area (Å²) in [5.41, 5.74) is 5.48. The van der Waals surface area contributed by atoms with Crippen LogP contribution < -0.4 is 16.4 Å². The third kappa shape index (κ3) is 7.37. The predicted octanol–water partition coefficient (Wildman–Crippen LogP) is 2.08. The quantitative estimate of drug-likeness (QED) is 0.369. The number of carbonyl (C=O) groups is 4. The largest absolute Gasteiger partial charge is 0.522 e. The van der Waals surface area contributed by atoms with Crippen molar-refractivity contribution in [3.05, 3.63) is 35.7 Å². The number of nitrogens with two attached hydrogens (primary N) is 1. The molecule has 3 atom stereocenters. The normalized spacial score (nSPS) is 17.2. The summed E-state index contributed by atoms with van der Waals surface area (Å²) in [5.74, 6) is -5.15. The first-order chi connectivity index (χ1) is 17.9. The molecule has 0 bridgehead atoms. The molecule has 0 spiro atoms. The number of nitrogens with one attached hydrogen (secondary N) is 2. The zero-order valence-electron chi connectivity index (χ0n) is 20.7. The number of primary amides is 1. The second-order valence-corrected chi connectivity index (χ2v) is 9.31. The fourth-order valence-corrected chi connectivity index (χ4v) is 4.26. The predicted molar refractivity (Wildman–Crippen MR) is 125 cm³/mol. The van der Waals surface area contributed by atoms with Crippen LogP contribution in [0.25, 0.3) is 11.5 Å². The fourth-order valence-electron chi connectivity index (χ4n) is 4.26. The molecule has 14 heteroatoms. The van der Waals surface area contributed by atoms with E-state index in [4.69, 9.17) is 10.3 Å². The first kappa shape index (κ1) is 28.8. The summed E-state index contributed by atoms with van der Waals surface area (Å²) in [6.45, 7) is 2.60. The number of ketones is 1. The lowest BCUT2D eigenvalue weighted by Gasteiger charge is -2.24. The highest BCUT2D eigenvalue weighted by Crippen LogP contribution is 2.35. The van der Waals surface area contributed by atoms with Crippen molar-refractivity contribution in [2.24, 2.45) is 17.6 Å². The van der Waals surface area contributed by atoms with E-state index in [0.29, 0.717) is 13.0 Å². The molecular weight excluding hydrogens is 511 g/mol. The molecule has 11 nitrogen and oxygen atoms in total. The van der Waals surface area contributed by atoms with E-state index in [1.807, 2.05) is 0 Å². The Morgan fingerprint density at radius 3 is 2.58 bits per heavy atom. The molecule has 1 aliphatic rings. The van der Waals surface area contributed by atoms with Crippen LogP contribution in [-0.2, 0) is 19.1 Å². The van der Waals surface area contributed by atoms with Crippen LogP contribution in [0.15, 0.2) is 28.9 Å². The number of rotatable bonds is 12. The first-order valence-corrected chi connectivity index (χ1v) is 11.9. The second-order valence-electron chi connectivity index (χ2n) is 9.31. The minimum atomic E-state index is -5.06. The molecule has 0 aliphatic carbocycles. The number of nitrogens with zero attached hydrogens (tertiary/aromatic N) is 2. The lowest BCUT2D eigenvalue weighted by Crippen LogP contribution is -2.47. The van der Waals surface area contributed by atoms with Gasteiger partial charge >= 0.3 is 6.36 Å². The van der Waals surface area contributed by atoms with Gasteiger partial charge in [-0.1, -0.05) is 25.1 Å². The van der Waals surface area contributed by atoms with Crippen molar-refractivity contribution in [3.8, 4) is 11.5 Å². The summed E-state index contributed by atoms with van der Waals surface area (Å²) in [4.78, 5) is 54.8. The smallest absolute Gasteiger partial charge is 0.364 e. The van der Waals surface area contributed by atoms with Crippen molar-refractivity contribution in [1.29, 1.82) is 0 Å². The lowest BCUT2D eigenvalue weighted by molar-refractivity contribution is -0.321. The van der Waals surface area contributed by atoms with E-state index in [1.54, 1.807) is 32.0 Å². The summed E-state index contributed by atoms with van der Waals surface area (Å²) >= 11 is 0. The molecule has 0 saturated carbocycles. The Labute approximate surface area is 215 Å². The van der Waals surface area contributed by atoms with Gasteiger partial charge < -0.3 is 20.9 Å². The van der Waals surface area contributed by atoms with Gasteiger partial charge in [0, 0.05) is 24.2 Å². The number of aromatic nitrogens is 2. The van der Waals surface area contributed by atoms with Crippen molar-refractivity contribution in [1.82, 2.24) is 20.8 Å². The highest BCUT2D eigenvalue weighted by molar-refractivity contribution is 5.98. The highest BCUT2D eigenvalue weighted by Gasteiger charge is 2.38. The van der Waals surface area contributed by atoms with Crippen LogP contribution in [0.5, 0.6) is 0 Å². The molecule has 1 aliphatic heterocycles. The number of hydrogen-bond acceptors (Lipinski definition) is 8. The minimum Gasteiger partial charge on any atom is -0.364 e. The van der Waals surface area contributed by atoms with Gasteiger partial charge in [0.2, 0.25) is 11.8 Å². The van der Waals surface area contributed by atoms with Crippen LogP contribution in [0.4, 0.5) is 13.2 Å². The average Bonchev–Trinajstić information content (AvgIpc) is 3.47. The van der Waals surface area contributed by atoms with Crippen molar-refractivity contribution in [2.75, 3.05) is 13.2 Å². The molecule has 4 N–H and O–H groups in total. The number of pyridine rings is 1. The molecule has 3 heterocycles. The summed E-state index contributed by atoms with van der Waals surface area (Å²) in [5, 5.41) is 8.80. The fraction of sp³-hybridized carbons (Fsp3) is 0.500. The molecule has 1 saturated heterocycles. The van der Waals surface area contributed by atoms with Gasteiger partial charge in [0.05, 0.1) is 12.0 Å². The Morgan fingerprint density at radius 1 is 1.29 bits per heavy atom. The molecule has 3 rings (SSSR count). The van der Waals surface area contributed by atoms with Crippen molar-refractivity contribution in [3.63, 3.8) is 0 Å². The standard InChI is InChI=1S/C24H28F3N5O6/c1-12(2)9-14(18-19(21(28)34)32-38-20(18)15-5-3-4-7-29-15)23(36)31-16(10-13-6-8-30-22(13)35)17(33)11-37-24(25,26)27/h3-5,7,12-14,16H,6,8-11H2,1-2H3,(H2,28,34)(H,30,35)(H,31,36)/t13-,14-,16-/m0/s1. The Kier molecular flexibility index (Phi) is 9.20. The van der Waals surface area contributed by atoms with Crippen LogP contribution in [0.3, 0.4) is 0 Å². The molecule has 0 aromatic carbocycles. The van der Waals surface area contributed by atoms with Gasteiger partial charge in [-0.15, -0.1) is 13.2 Å². The molecule has 3 amide bonds. The Balaban J connectivity index is 1.97. The van der Waals surface area contributed by atoms with E-state index >= 15 is 0 Å². The summed E-state index contributed by atoms with van der Waals surface area (Å²) in [6, 6.07) is 3.39. The molecule has 206 valence electrons. The topological polar surface area (TPSA) is 167 Å².